The van der Waals surface area contributed by atoms with Crippen LogP contribution in [0.15, 0.2) is 24.3 Å². The first kappa shape index (κ1) is 17.9. The molecule has 0 fully saturated rings. The van der Waals surface area contributed by atoms with Gasteiger partial charge in [0.2, 0.25) is 5.91 Å². The number of carbonyl (C=O) groups is 1. The highest BCUT2D eigenvalue weighted by Crippen LogP contribution is 2.12. The van der Waals surface area contributed by atoms with E-state index in [1.54, 1.807) is 17.8 Å². The number of benzene rings is 1. The van der Waals surface area contributed by atoms with Crippen LogP contribution in [0.5, 0.6) is 0 Å². The lowest BCUT2D eigenvalue weighted by Crippen LogP contribution is -2.39. The van der Waals surface area contributed by atoms with Crippen LogP contribution < -0.4 is 11.1 Å². The first-order valence-electron chi connectivity index (χ1n) is 6.86. The molecule has 0 spiro atoms. The first-order valence-corrected chi connectivity index (χ1v) is 8.67. The Morgan fingerprint density at radius 1 is 1.52 bits per heavy atom. The van der Waals surface area contributed by atoms with Gasteiger partial charge in [-0.15, -0.1) is 0 Å². The number of amides is 1. The maximum Gasteiger partial charge on any atom is 0.238 e. The Kier molecular flexibility index (Phi) is 7.71. The van der Waals surface area contributed by atoms with E-state index >= 15 is 0 Å². The third-order valence-electron chi connectivity index (χ3n) is 3.28. The summed E-state index contributed by atoms with van der Waals surface area (Å²) in [6, 6.07) is 7.69. The van der Waals surface area contributed by atoms with E-state index in [2.05, 4.69) is 23.4 Å². The fourth-order valence-electron chi connectivity index (χ4n) is 2.06. The van der Waals surface area contributed by atoms with Crippen molar-refractivity contribution in [1.29, 1.82) is 0 Å². The van der Waals surface area contributed by atoms with Gasteiger partial charge in [-0.05, 0) is 31.9 Å². The van der Waals surface area contributed by atoms with E-state index in [-0.39, 0.29) is 5.91 Å². The molecule has 1 amide bonds. The molecule has 0 aliphatic rings. The van der Waals surface area contributed by atoms with Gasteiger partial charge in [-0.1, -0.05) is 31.3 Å². The normalized spacial score (nSPS) is 12.2. The molecule has 1 rings (SSSR count). The van der Waals surface area contributed by atoms with Crippen LogP contribution in [0.25, 0.3) is 0 Å². The molecule has 0 aliphatic carbocycles. The monoisotopic (exact) mass is 325 g/mol. The molecule has 1 aromatic rings. The summed E-state index contributed by atoms with van der Waals surface area (Å²) in [4.78, 5) is 14.5. The van der Waals surface area contributed by atoms with Gasteiger partial charge in [-0.25, -0.2) is 0 Å². The van der Waals surface area contributed by atoms with Crippen molar-refractivity contribution in [2.75, 3.05) is 30.9 Å². The summed E-state index contributed by atoms with van der Waals surface area (Å²) in [5.74, 6) is 0.995. The summed E-state index contributed by atoms with van der Waals surface area (Å²) in [6.07, 6.45) is 3.11. The lowest BCUT2D eigenvalue weighted by Gasteiger charge is -2.25. The van der Waals surface area contributed by atoms with Crippen LogP contribution >= 0.6 is 24.0 Å². The zero-order chi connectivity index (χ0) is 15.8. The molecule has 0 radical (unpaired) electrons. The third-order valence-corrected chi connectivity index (χ3v) is 4.23. The van der Waals surface area contributed by atoms with Gasteiger partial charge in [-0.2, -0.15) is 11.8 Å². The fraction of sp³-hybridized carbons (Fsp3) is 0.467. The molecule has 1 unspecified atom stereocenters. The maximum absolute atomic E-state index is 12.1. The van der Waals surface area contributed by atoms with E-state index in [0.717, 1.165) is 23.4 Å². The molecular weight excluding hydrogens is 302 g/mol. The van der Waals surface area contributed by atoms with E-state index in [1.165, 1.54) is 0 Å². The number of likely N-dealkylation sites (N-methyl/N-ethyl adjacent to an activating group) is 1. The molecule has 1 atom stereocenters. The van der Waals surface area contributed by atoms with Crippen LogP contribution in [-0.4, -0.2) is 47.4 Å². The molecule has 21 heavy (non-hydrogen) atoms. The predicted molar refractivity (Wildman–Crippen MR) is 96.1 cm³/mol. The lowest BCUT2D eigenvalue weighted by molar-refractivity contribution is -0.117. The summed E-state index contributed by atoms with van der Waals surface area (Å²) >= 11 is 6.74. The number of hydrogen-bond acceptors (Lipinski definition) is 4. The second-order valence-corrected chi connectivity index (χ2v) is 6.28. The molecule has 6 heteroatoms. The molecule has 116 valence electrons. The van der Waals surface area contributed by atoms with Gasteiger partial charge in [0.15, 0.2) is 0 Å². The summed E-state index contributed by atoms with van der Waals surface area (Å²) in [7, 11) is 1.98. The smallest absolute Gasteiger partial charge is 0.238 e. The molecular formula is C15H23N3OS2. The molecule has 1 aromatic carbocycles. The molecule has 4 nitrogen and oxygen atoms in total. The maximum atomic E-state index is 12.1. The zero-order valence-corrected chi connectivity index (χ0v) is 14.4. The number of nitrogens with two attached hydrogens (primary N) is 1. The molecule has 0 saturated carbocycles. The number of thioether (sulfide) groups is 1. The Morgan fingerprint density at radius 2 is 2.24 bits per heavy atom. The van der Waals surface area contributed by atoms with E-state index in [4.69, 9.17) is 18.0 Å². The number of thiocarbonyl (C=S) groups is 1. The van der Waals surface area contributed by atoms with E-state index in [1.807, 2.05) is 25.2 Å². The van der Waals surface area contributed by atoms with Crippen LogP contribution in [0.2, 0.25) is 0 Å². The predicted octanol–water partition coefficient (Wildman–Crippen LogP) is 2.33. The van der Waals surface area contributed by atoms with Gasteiger partial charge < -0.3 is 11.1 Å². The number of carbonyl (C=O) groups excluding carboxylic acids is 1. The van der Waals surface area contributed by atoms with Crippen LogP contribution in [0.1, 0.15) is 18.9 Å². The lowest BCUT2D eigenvalue weighted by atomic mass is 10.2. The third kappa shape index (κ3) is 6.03. The van der Waals surface area contributed by atoms with Crippen molar-refractivity contribution >= 4 is 40.6 Å². The van der Waals surface area contributed by atoms with Crippen LogP contribution in [-0.2, 0) is 4.79 Å². The average Bonchev–Trinajstić information content (AvgIpc) is 2.44. The second-order valence-electron chi connectivity index (χ2n) is 4.93. The number of rotatable bonds is 8. The Morgan fingerprint density at radius 3 is 2.81 bits per heavy atom. The van der Waals surface area contributed by atoms with Crippen molar-refractivity contribution in [3.8, 4) is 0 Å². The number of nitrogens with zero attached hydrogens (tertiary/aromatic N) is 1. The Hall–Kier alpha value is -1.11. The minimum Gasteiger partial charge on any atom is -0.389 e. The molecule has 0 aromatic heterocycles. The van der Waals surface area contributed by atoms with Gasteiger partial charge in [0.05, 0.1) is 6.54 Å². The van der Waals surface area contributed by atoms with Gasteiger partial charge >= 0.3 is 0 Å². The van der Waals surface area contributed by atoms with Crippen LogP contribution in [0, 0.1) is 0 Å². The molecule has 3 N–H and O–H groups in total. The van der Waals surface area contributed by atoms with Gasteiger partial charge in [0.1, 0.15) is 4.99 Å². The molecule has 0 aliphatic heterocycles. The molecule has 0 bridgehead atoms. The summed E-state index contributed by atoms with van der Waals surface area (Å²) in [5.41, 5.74) is 7.07. The number of nitrogens with one attached hydrogen (secondary N) is 1. The van der Waals surface area contributed by atoms with E-state index in [9.17, 15) is 4.79 Å². The number of hydrogen-bond donors (Lipinski definition) is 2. The van der Waals surface area contributed by atoms with Gasteiger partial charge in [-0.3, -0.25) is 9.69 Å². The molecule has 0 saturated heterocycles. The van der Waals surface area contributed by atoms with Crippen molar-refractivity contribution in [2.45, 2.75) is 19.4 Å². The van der Waals surface area contributed by atoms with E-state index < -0.39 is 0 Å². The van der Waals surface area contributed by atoms with Crippen LogP contribution in [0.3, 0.4) is 0 Å². The highest BCUT2D eigenvalue weighted by atomic mass is 32.2. The van der Waals surface area contributed by atoms with Crippen molar-refractivity contribution in [3.05, 3.63) is 29.8 Å². The second kappa shape index (κ2) is 9.02. The van der Waals surface area contributed by atoms with E-state index in [0.29, 0.717) is 17.6 Å². The highest BCUT2D eigenvalue weighted by molar-refractivity contribution is 7.98. The summed E-state index contributed by atoms with van der Waals surface area (Å²) < 4.78 is 0. The fourth-order valence-corrected chi connectivity index (χ4v) is 3.06. The summed E-state index contributed by atoms with van der Waals surface area (Å²) in [5, 5.41) is 2.89. The van der Waals surface area contributed by atoms with Crippen molar-refractivity contribution in [3.63, 3.8) is 0 Å². The van der Waals surface area contributed by atoms with Crippen molar-refractivity contribution in [2.24, 2.45) is 5.73 Å². The quantitative estimate of drug-likeness (QED) is 0.719. The topological polar surface area (TPSA) is 58.4 Å². The standard InChI is InChI=1S/C15H23N3OS2/c1-4-13(10-21-3)18(2)9-14(19)17-12-7-5-6-11(8-12)15(16)20/h5-8,13H,4,9-10H2,1-3H3,(H2,16,20)(H,17,19). The molecule has 0 heterocycles. The van der Waals surface area contributed by atoms with Crippen molar-refractivity contribution in [1.82, 2.24) is 4.90 Å². The number of anilines is 1. The minimum atomic E-state index is -0.0304. The van der Waals surface area contributed by atoms with Gasteiger partial charge in [0, 0.05) is 23.0 Å². The summed E-state index contributed by atoms with van der Waals surface area (Å²) in [6.45, 7) is 2.51. The van der Waals surface area contributed by atoms with Crippen LogP contribution in [0.4, 0.5) is 5.69 Å². The Labute approximate surface area is 136 Å². The minimum absolute atomic E-state index is 0.0304. The highest BCUT2D eigenvalue weighted by Gasteiger charge is 2.15. The SMILES string of the molecule is CCC(CSC)N(C)CC(=O)Nc1cccc(C(N)=S)c1. The first-order chi connectivity index (χ1) is 9.97. The Bertz CT molecular complexity index is 494. The largest absolute Gasteiger partial charge is 0.389 e. The van der Waals surface area contributed by atoms with Crippen molar-refractivity contribution < 1.29 is 4.79 Å². The Balaban J connectivity index is 2.61. The average molecular weight is 326 g/mol. The van der Waals surface area contributed by atoms with Gasteiger partial charge in [0.25, 0.3) is 0 Å². The zero-order valence-electron chi connectivity index (χ0n) is 12.8.